The Kier molecular flexibility index (Phi) is 3.49. The van der Waals surface area contributed by atoms with E-state index in [0.717, 1.165) is 4.57 Å². The molecule has 104 valence electrons. The van der Waals surface area contributed by atoms with Gasteiger partial charge in [0.1, 0.15) is 5.69 Å². The first-order valence-corrected chi connectivity index (χ1v) is 5.77. The minimum Gasteiger partial charge on any atom is -0.304 e. The molecule has 0 aliphatic carbocycles. The van der Waals surface area contributed by atoms with Gasteiger partial charge in [-0.05, 0) is 19.1 Å². The van der Waals surface area contributed by atoms with E-state index in [1.165, 1.54) is 19.1 Å². The highest BCUT2D eigenvalue weighted by Gasteiger charge is 2.40. The number of rotatable bonds is 2. The molecule has 1 unspecified atom stereocenters. The minimum atomic E-state index is -4.67. The smallest absolute Gasteiger partial charge is 0.304 e. The van der Waals surface area contributed by atoms with Gasteiger partial charge < -0.3 is 4.57 Å². The first kappa shape index (κ1) is 14.1. The summed E-state index contributed by atoms with van der Waals surface area (Å²) in [6.45, 7) is 0.697. The average Bonchev–Trinajstić information content (AvgIpc) is 2.38. The molecule has 7 heteroatoms. The summed E-state index contributed by atoms with van der Waals surface area (Å²) in [6, 6.07) is 7.59. The molecule has 2 aromatic rings. The van der Waals surface area contributed by atoms with Crippen molar-refractivity contribution in [1.82, 2.24) is 9.55 Å². The summed E-state index contributed by atoms with van der Waals surface area (Å²) in [7, 11) is 0. The molecule has 0 bridgehead atoms. The zero-order chi connectivity index (χ0) is 14.9. The van der Waals surface area contributed by atoms with Crippen LogP contribution >= 0.6 is 0 Å². The molecular formula is C13H10F3N3O. The Morgan fingerprint density at radius 3 is 2.65 bits per heavy atom. The Bertz CT molecular complexity index is 743. The van der Waals surface area contributed by atoms with Gasteiger partial charge in [-0.3, -0.25) is 4.79 Å². The fraction of sp³-hybridized carbons (Fsp3) is 0.308. The summed E-state index contributed by atoms with van der Waals surface area (Å²) in [5, 5.41) is 8.65. The van der Waals surface area contributed by atoms with Crippen molar-refractivity contribution in [2.24, 2.45) is 5.92 Å². The molecule has 0 saturated heterocycles. The van der Waals surface area contributed by atoms with Crippen molar-refractivity contribution in [3.8, 4) is 6.07 Å². The van der Waals surface area contributed by atoms with Crippen LogP contribution in [0, 0.1) is 24.2 Å². The van der Waals surface area contributed by atoms with E-state index in [2.05, 4.69) is 4.98 Å². The summed E-state index contributed by atoms with van der Waals surface area (Å²) in [5.74, 6) is -2.23. The molecule has 1 atom stereocenters. The SMILES string of the molecule is Cc1nc2ccccc2n(CC(C#N)C(F)(F)F)c1=O. The summed E-state index contributed by atoms with van der Waals surface area (Å²) in [5.41, 5.74) is 0.187. The van der Waals surface area contributed by atoms with Crippen LogP contribution in [0.1, 0.15) is 5.69 Å². The number of fused-ring (bicyclic) bond motifs is 1. The fourth-order valence-electron chi connectivity index (χ4n) is 1.90. The summed E-state index contributed by atoms with van der Waals surface area (Å²) >= 11 is 0. The lowest BCUT2D eigenvalue weighted by Crippen LogP contribution is -2.32. The standard InChI is InChI=1S/C13H10F3N3O/c1-8-12(20)19(7-9(6-17)13(14,15)16)11-5-3-2-4-10(11)18-8/h2-5,9H,7H2,1H3. The van der Waals surface area contributed by atoms with E-state index >= 15 is 0 Å². The van der Waals surface area contributed by atoms with Gasteiger partial charge >= 0.3 is 6.18 Å². The number of nitrogens with zero attached hydrogens (tertiary/aromatic N) is 3. The van der Waals surface area contributed by atoms with Crippen LogP contribution in [-0.4, -0.2) is 15.7 Å². The quantitative estimate of drug-likeness (QED) is 0.849. The van der Waals surface area contributed by atoms with Gasteiger partial charge in [0, 0.05) is 0 Å². The number of halogens is 3. The van der Waals surface area contributed by atoms with Crippen molar-refractivity contribution in [1.29, 1.82) is 5.26 Å². The number of para-hydroxylation sites is 2. The molecule has 0 fully saturated rings. The molecule has 0 spiro atoms. The largest absolute Gasteiger partial charge is 0.406 e. The van der Waals surface area contributed by atoms with Crippen LogP contribution < -0.4 is 5.56 Å². The van der Waals surface area contributed by atoms with Gasteiger partial charge in [0.2, 0.25) is 0 Å². The molecule has 20 heavy (non-hydrogen) atoms. The summed E-state index contributed by atoms with van der Waals surface area (Å²) < 4.78 is 39.0. The third kappa shape index (κ3) is 2.50. The number of alkyl halides is 3. The van der Waals surface area contributed by atoms with E-state index in [1.807, 2.05) is 0 Å². The fourth-order valence-corrected chi connectivity index (χ4v) is 1.90. The Balaban J connectivity index is 2.62. The molecule has 0 radical (unpaired) electrons. The van der Waals surface area contributed by atoms with Crippen molar-refractivity contribution in [3.05, 3.63) is 40.3 Å². The second-order valence-corrected chi connectivity index (χ2v) is 4.32. The molecule has 0 aliphatic rings. The van der Waals surface area contributed by atoms with Gasteiger partial charge in [0.25, 0.3) is 5.56 Å². The predicted molar refractivity (Wildman–Crippen MR) is 65.9 cm³/mol. The van der Waals surface area contributed by atoms with Crippen LogP contribution in [0.25, 0.3) is 11.0 Å². The minimum absolute atomic E-state index is 0.0996. The number of aryl methyl sites for hydroxylation is 1. The maximum atomic E-state index is 12.7. The number of benzene rings is 1. The Morgan fingerprint density at radius 2 is 2.05 bits per heavy atom. The van der Waals surface area contributed by atoms with E-state index in [4.69, 9.17) is 5.26 Å². The van der Waals surface area contributed by atoms with E-state index in [-0.39, 0.29) is 11.2 Å². The van der Waals surface area contributed by atoms with E-state index in [1.54, 1.807) is 18.2 Å². The van der Waals surface area contributed by atoms with Gasteiger partial charge in [-0.1, -0.05) is 12.1 Å². The van der Waals surface area contributed by atoms with Crippen LogP contribution in [0.2, 0.25) is 0 Å². The number of aromatic nitrogens is 2. The molecule has 4 nitrogen and oxygen atoms in total. The summed E-state index contributed by atoms with van der Waals surface area (Å²) in [6.07, 6.45) is -4.67. The molecule has 0 saturated carbocycles. The second-order valence-electron chi connectivity index (χ2n) is 4.32. The Morgan fingerprint density at radius 1 is 1.40 bits per heavy atom. The zero-order valence-electron chi connectivity index (χ0n) is 10.5. The lowest BCUT2D eigenvalue weighted by atomic mass is 10.1. The highest BCUT2D eigenvalue weighted by molar-refractivity contribution is 5.74. The maximum absolute atomic E-state index is 12.7. The molecule has 0 N–H and O–H groups in total. The number of nitriles is 1. The normalized spacial score (nSPS) is 13.2. The van der Waals surface area contributed by atoms with Crippen LogP contribution in [0.3, 0.4) is 0 Å². The van der Waals surface area contributed by atoms with Gasteiger partial charge in [0.15, 0.2) is 5.92 Å². The highest BCUT2D eigenvalue weighted by atomic mass is 19.4. The van der Waals surface area contributed by atoms with Crippen molar-refractivity contribution in [2.75, 3.05) is 0 Å². The molecule has 1 heterocycles. The zero-order valence-corrected chi connectivity index (χ0v) is 10.5. The van der Waals surface area contributed by atoms with E-state index < -0.39 is 24.2 Å². The highest BCUT2D eigenvalue weighted by Crippen LogP contribution is 2.27. The van der Waals surface area contributed by atoms with Gasteiger partial charge in [-0.25, -0.2) is 4.98 Å². The van der Waals surface area contributed by atoms with Crippen molar-refractivity contribution < 1.29 is 13.2 Å². The predicted octanol–water partition coefficient (Wildman–Crippen LogP) is 2.41. The number of hydrogen-bond acceptors (Lipinski definition) is 3. The van der Waals surface area contributed by atoms with E-state index in [9.17, 15) is 18.0 Å². The first-order valence-electron chi connectivity index (χ1n) is 5.77. The van der Waals surface area contributed by atoms with Crippen molar-refractivity contribution in [3.63, 3.8) is 0 Å². The van der Waals surface area contributed by atoms with Crippen molar-refractivity contribution >= 4 is 11.0 Å². The Labute approximate surface area is 112 Å². The number of hydrogen-bond donors (Lipinski definition) is 0. The molecular weight excluding hydrogens is 271 g/mol. The van der Waals surface area contributed by atoms with Crippen LogP contribution in [-0.2, 0) is 6.54 Å². The monoisotopic (exact) mass is 281 g/mol. The molecule has 1 aromatic carbocycles. The van der Waals surface area contributed by atoms with Gasteiger partial charge in [0.05, 0.1) is 23.6 Å². The molecule has 1 aromatic heterocycles. The Hall–Kier alpha value is -2.36. The summed E-state index contributed by atoms with van der Waals surface area (Å²) in [4.78, 5) is 16.0. The third-order valence-electron chi connectivity index (χ3n) is 2.93. The van der Waals surface area contributed by atoms with E-state index in [0.29, 0.717) is 5.52 Å². The van der Waals surface area contributed by atoms with Crippen LogP contribution in [0.5, 0.6) is 0 Å². The van der Waals surface area contributed by atoms with Crippen molar-refractivity contribution in [2.45, 2.75) is 19.6 Å². The molecule has 0 amide bonds. The maximum Gasteiger partial charge on any atom is 0.406 e. The third-order valence-corrected chi connectivity index (χ3v) is 2.93. The lowest BCUT2D eigenvalue weighted by molar-refractivity contribution is -0.161. The molecule has 0 aliphatic heterocycles. The average molecular weight is 281 g/mol. The topological polar surface area (TPSA) is 58.7 Å². The molecule has 2 rings (SSSR count). The van der Waals surface area contributed by atoms with Crippen LogP contribution in [0.4, 0.5) is 13.2 Å². The lowest BCUT2D eigenvalue weighted by Gasteiger charge is -2.16. The first-order chi connectivity index (χ1) is 9.34. The van der Waals surface area contributed by atoms with Gasteiger partial charge in [-0.2, -0.15) is 18.4 Å². The van der Waals surface area contributed by atoms with Gasteiger partial charge in [-0.15, -0.1) is 0 Å². The second kappa shape index (κ2) is 4.96. The van der Waals surface area contributed by atoms with Crippen LogP contribution in [0.15, 0.2) is 29.1 Å².